The number of halogens is 1. The second-order valence-electron chi connectivity index (χ2n) is 7.50. The molecule has 9 heteroatoms. The Kier molecular flexibility index (Phi) is 3.82. The second-order valence-corrected chi connectivity index (χ2v) is 7.50. The van der Waals surface area contributed by atoms with Gasteiger partial charge in [-0.25, -0.2) is 19.0 Å². The predicted octanol–water partition coefficient (Wildman–Crippen LogP) is 3.44. The first kappa shape index (κ1) is 18.5. The molecular weight excluding hydrogens is 415 g/mol. The van der Waals surface area contributed by atoms with Crippen LogP contribution in [0.15, 0.2) is 48.7 Å². The largest absolute Gasteiger partial charge is 0.486 e. The summed E-state index contributed by atoms with van der Waals surface area (Å²) in [7, 11) is 0. The number of hydrogen-bond acceptors (Lipinski definition) is 6. The number of nitrogens with zero attached hydrogens (tertiary/aromatic N) is 4. The van der Waals surface area contributed by atoms with E-state index < -0.39 is 17.6 Å². The van der Waals surface area contributed by atoms with Gasteiger partial charge in [-0.3, -0.25) is 9.59 Å². The number of pyridine rings is 1. The van der Waals surface area contributed by atoms with Gasteiger partial charge < -0.3 is 9.47 Å². The molecular formula is C23H15FN4O4. The van der Waals surface area contributed by atoms with Crippen LogP contribution >= 0.6 is 0 Å². The number of carbonyl (C=O) groups excluding carboxylic acids is 2. The van der Waals surface area contributed by atoms with Crippen LogP contribution in [-0.2, 0) is 0 Å². The van der Waals surface area contributed by atoms with Crippen molar-refractivity contribution in [3.63, 3.8) is 0 Å². The van der Waals surface area contributed by atoms with Crippen molar-refractivity contribution in [1.82, 2.24) is 14.8 Å². The maximum atomic E-state index is 13.8. The van der Waals surface area contributed by atoms with E-state index in [9.17, 15) is 14.0 Å². The number of amides is 2. The van der Waals surface area contributed by atoms with E-state index in [0.717, 1.165) is 4.90 Å². The molecule has 6 rings (SSSR count). The normalized spacial score (nSPS) is 14.9. The molecule has 32 heavy (non-hydrogen) atoms. The number of aromatic nitrogens is 3. The number of anilines is 1. The number of ether oxygens (including phenoxy) is 2. The van der Waals surface area contributed by atoms with E-state index >= 15 is 0 Å². The lowest BCUT2D eigenvalue weighted by Crippen LogP contribution is -2.29. The minimum absolute atomic E-state index is 0.194. The van der Waals surface area contributed by atoms with Gasteiger partial charge in [0.2, 0.25) is 0 Å². The van der Waals surface area contributed by atoms with Crippen molar-refractivity contribution in [3.8, 4) is 17.2 Å². The van der Waals surface area contributed by atoms with Crippen LogP contribution in [0.4, 0.5) is 10.1 Å². The number of aryl methyl sites for hydroxylation is 1. The second kappa shape index (κ2) is 6.61. The van der Waals surface area contributed by atoms with Gasteiger partial charge in [0.05, 0.1) is 33.6 Å². The molecule has 2 aromatic carbocycles. The van der Waals surface area contributed by atoms with Crippen LogP contribution in [0.5, 0.6) is 11.5 Å². The summed E-state index contributed by atoms with van der Waals surface area (Å²) in [6.07, 6.45) is 1.37. The third-order valence-corrected chi connectivity index (χ3v) is 5.56. The molecule has 2 aliphatic rings. The van der Waals surface area contributed by atoms with Crippen molar-refractivity contribution >= 4 is 28.5 Å². The van der Waals surface area contributed by atoms with Gasteiger partial charge in [0.25, 0.3) is 11.8 Å². The van der Waals surface area contributed by atoms with E-state index in [2.05, 4.69) is 10.1 Å². The summed E-state index contributed by atoms with van der Waals surface area (Å²) in [4.78, 5) is 32.1. The van der Waals surface area contributed by atoms with Gasteiger partial charge in [-0.2, -0.15) is 5.10 Å². The Balaban J connectivity index is 1.50. The lowest BCUT2D eigenvalue weighted by atomic mass is 10.1. The highest BCUT2D eigenvalue weighted by molar-refractivity contribution is 6.37. The Morgan fingerprint density at radius 1 is 0.969 bits per heavy atom. The molecule has 0 atom stereocenters. The van der Waals surface area contributed by atoms with E-state index in [1.165, 1.54) is 23.0 Å². The smallest absolute Gasteiger partial charge is 0.267 e. The number of benzene rings is 2. The monoisotopic (exact) mass is 430 g/mol. The van der Waals surface area contributed by atoms with Crippen LogP contribution in [0.25, 0.3) is 16.7 Å². The quantitative estimate of drug-likeness (QED) is 0.453. The molecule has 0 aliphatic carbocycles. The van der Waals surface area contributed by atoms with Crippen molar-refractivity contribution in [3.05, 3.63) is 71.3 Å². The Morgan fingerprint density at radius 3 is 2.59 bits per heavy atom. The fourth-order valence-electron chi connectivity index (χ4n) is 4.15. The first-order valence-electron chi connectivity index (χ1n) is 9.95. The minimum Gasteiger partial charge on any atom is -0.486 e. The minimum atomic E-state index is -0.478. The summed E-state index contributed by atoms with van der Waals surface area (Å²) >= 11 is 0. The van der Waals surface area contributed by atoms with E-state index in [0.29, 0.717) is 52.8 Å². The third-order valence-electron chi connectivity index (χ3n) is 5.56. The SMILES string of the molecule is Cc1nn(-c2cccc(F)c2)c2ncc3c(c12)C(=O)N(c1ccc2c(c1)OCCO2)C3=O. The summed E-state index contributed by atoms with van der Waals surface area (Å²) in [6, 6.07) is 10.9. The number of hydrogen-bond donors (Lipinski definition) is 0. The highest BCUT2D eigenvalue weighted by atomic mass is 19.1. The molecule has 4 aromatic rings. The number of imide groups is 1. The lowest BCUT2D eigenvalue weighted by Gasteiger charge is -2.21. The van der Waals surface area contributed by atoms with Gasteiger partial charge in [-0.1, -0.05) is 6.07 Å². The summed E-state index contributed by atoms with van der Waals surface area (Å²) in [5.41, 5.74) is 2.16. The molecule has 0 fully saturated rings. The van der Waals surface area contributed by atoms with Crippen LogP contribution in [0.2, 0.25) is 0 Å². The predicted molar refractivity (Wildman–Crippen MR) is 112 cm³/mol. The van der Waals surface area contributed by atoms with Crippen LogP contribution < -0.4 is 14.4 Å². The van der Waals surface area contributed by atoms with Gasteiger partial charge >= 0.3 is 0 Å². The highest BCUT2D eigenvalue weighted by Gasteiger charge is 2.40. The van der Waals surface area contributed by atoms with E-state index in [1.54, 1.807) is 37.3 Å². The number of rotatable bonds is 2. The van der Waals surface area contributed by atoms with Crippen molar-refractivity contribution < 1.29 is 23.5 Å². The first-order valence-corrected chi connectivity index (χ1v) is 9.95. The zero-order chi connectivity index (χ0) is 22.0. The molecule has 8 nitrogen and oxygen atoms in total. The summed E-state index contributed by atoms with van der Waals surface area (Å²) in [5.74, 6) is -0.331. The van der Waals surface area contributed by atoms with Gasteiger partial charge in [0.15, 0.2) is 17.1 Å². The van der Waals surface area contributed by atoms with E-state index in [4.69, 9.17) is 9.47 Å². The standard InChI is InChI=1S/C23H15FN4O4/c1-12-19-20-16(11-25-21(19)28(26-12)15-4-2-3-13(24)9-15)22(29)27(23(20)30)14-5-6-17-18(10-14)32-8-7-31-17/h2-6,9-11H,7-8H2,1H3. The Hall–Kier alpha value is -4.27. The van der Waals surface area contributed by atoms with Gasteiger partial charge in [-0.05, 0) is 37.3 Å². The molecule has 2 amide bonds. The van der Waals surface area contributed by atoms with Gasteiger partial charge in [0, 0.05) is 12.3 Å². The van der Waals surface area contributed by atoms with E-state index in [-0.39, 0.29) is 11.1 Å². The molecule has 0 N–H and O–H groups in total. The van der Waals surface area contributed by atoms with Crippen molar-refractivity contribution in [2.75, 3.05) is 18.1 Å². The van der Waals surface area contributed by atoms with Crippen LogP contribution in [-0.4, -0.2) is 39.8 Å². The van der Waals surface area contributed by atoms with Gasteiger partial charge in [-0.15, -0.1) is 0 Å². The van der Waals surface area contributed by atoms with E-state index in [1.807, 2.05) is 0 Å². The molecule has 4 heterocycles. The molecule has 2 aromatic heterocycles. The fourth-order valence-corrected chi connectivity index (χ4v) is 4.15. The number of carbonyl (C=O) groups is 2. The molecule has 0 unspecified atom stereocenters. The Morgan fingerprint density at radius 2 is 1.78 bits per heavy atom. The highest BCUT2D eigenvalue weighted by Crippen LogP contribution is 2.38. The summed E-state index contributed by atoms with van der Waals surface area (Å²) in [5, 5.41) is 4.93. The maximum Gasteiger partial charge on any atom is 0.267 e. The lowest BCUT2D eigenvalue weighted by molar-refractivity contribution is 0.0926. The average molecular weight is 430 g/mol. The topological polar surface area (TPSA) is 86.6 Å². The molecule has 0 saturated heterocycles. The summed E-state index contributed by atoms with van der Waals surface area (Å²) < 4.78 is 26.4. The molecule has 158 valence electrons. The van der Waals surface area contributed by atoms with Crippen molar-refractivity contribution in [2.24, 2.45) is 0 Å². The molecule has 0 spiro atoms. The molecule has 0 saturated carbocycles. The average Bonchev–Trinajstić information content (AvgIpc) is 3.27. The fraction of sp³-hybridized carbons (Fsp3) is 0.130. The molecule has 0 bridgehead atoms. The van der Waals surface area contributed by atoms with Crippen molar-refractivity contribution in [1.29, 1.82) is 0 Å². The summed E-state index contributed by atoms with van der Waals surface area (Å²) in [6.45, 7) is 2.56. The molecule has 0 radical (unpaired) electrons. The zero-order valence-corrected chi connectivity index (χ0v) is 16.8. The Bertz CT molecular complexity index is 1460. The zero-order valence-electron chi connectivity index (χ0n) is 16.8. The molecule has 2 aliphatic heterocycles. The first-order chi connectivity index (χ1) is 15.5. The third kappa shape index (κ3) is 2.54. The van der Waals surface area contributed by atoms with Crippen LogP contribution in [0, 0.1) is 12.7 Å². The van der Waals surface area contributed by atoms with Crippen LogP contribution in [0.1, 0.15) is 26.4 Å². The Labute approximate surface area is 180 Å². The van der Waals surface area contributed by atoms with Crippen molar-refractivity contribution in [2.45, 2.75) is 6.92 Å². The van der Waals surface area contributed by atoms with Gasteiger partial charge in [0.1, 0.15) is 19.0 Å². The number of fused-ring (bicyclic) bond motifs is 4. The maximum absolute atomic E-state index is 13.8. The van der Waals surface area contributed by atoms with Crippen LogP contribution in [0.3, 0.4) is 0 Å².